The van der Waals surface area contributed by atoms with Gasteiger partial charge in [-0.25, -0.2) is 8.42 Å². The molecule has 0 aliphatic heterocycles. The molecule has 28 heavy (non-hydrogen) atoms. The Kier molecular flexibility index (Phi) is 7.24. The number of para-hydroxylation sites is 1. The maximum atomic E-state index is 12.2. The van der Waals surface area contributed by atoms with Gasteiger partial charge in [0, 0.05) is 5.56 Å². The molecule has 150 valence electrons. The lowest BCUT2D eigenvalue weighted by Crippen LogP contribution is -2.43. The number of benzene rings is 2. The number of hydrogen-bond donors (Lipinski definition) is 3. The summed E-state index contributed by atoms with van der Waals surface area (Å²) in [4.78, 5) is 24.1. The van der Waals surface area contributed by atoms with Gasteiger partial charge in [0.1, 0.15) is 5.75 Å². The van der Waals surface area contributed by atoms with E-state index in [1.165, 1.54) is 18.2 Å². The normalized spacial score (nSPS) is 10.8. The Hall–Kier alpha value is -2.78. The number of sulfonamides is 1. The van der Waals surface area contributed by atoms with Gasteiger partial charge in [-0.3, -0.25) is 25.2 Å². The molecular formula is C18H20ClN3O5S. The van der Waals surface area contributed by atoms with E-state index < -0.39 is 21.8 Å². The molecule has 3 N–H and O–H groups in total. The molecular weight excluding hydrogens is 406 g/mol. The Labute approximate surface area is 168 Å². The van der Waals surface area contributed by atoms with Crippen LogP contribution in [0.25, 0.3) is 0 Å². The summed E-state index contributed by atoms with van der Waals surface area (Å²) in [5, 5.41) is 0.133. The lowest BCUT2D eigenvalue weighted by atomic mass is 10.1. The number of amides is 2. The number of carbonyl (C=O) groups is 2. The lowest BCUT2D eigenvalue weighted by molar-refractivity contribution is -0.123. The number of carbonyl (C=O) groups excluding carboxylic acids is 2. The topological polar surface area (TPSA) is 114 Å². The average Bonchev–Trinajstić information content (AvgIpc) is 2.65. The van der Waals surface area contributed by atoms with Crippen LogP contribution in [0.3, 0.4) is 0 Å². The van der Waals surface area contributed by atoms with E-state index >= 15 is 0 Å². The number of hydrogen-bond acceptors (Lipinski definition) is 5. The molecule has 0 atom stereocenters. The van der Waals surface area contributed by atoms with Crippen molar-refractivity contribution in [3.05, 3.63) is 58.6 Å². The quantitative estimate of drug-likeness (QED) is 0.588. The molecule has 0 aliphatic rings. The molecule has 0 saturated heterocycles. The summed E-state index contributed by atoms with van der Waals surface area (Å²) in [6.45, 7) is 1.69. The molecule has 0 fully saturated rings. The van der Waals surface area contributed by atoms with E-state index in [9.17, 15) is 18.0 Å². The van der Waals surface area contributed by atoms with E-state index in [1.54, 1.807) is 12.1 Å². The third kappa shape index (κ3) is 6.43. The zero-order valence-electron chi connectivity index (χ0n) is 15.3. The van der Waals surface area contributed by atoms with Crippen molar-refractivity contribution in [2.45, 2.75) is 13.3 Å². The monoisotopic (exact) mass is 425 g/mol. The first-order chi connectivity index (χ1) is 13.2. The largest absolute Gasteiger partial charge is 0.483 e. The Balaban J connectivity index is 1.93. The smallest absolute Gasteiger partial charge is 0.276 e. The molecule has 0 bridgehead atoms. The van der Waals surface area contributed by atoms with Crippen LogP contribution in [0.2, 0.25) is 5.02 Å². The summed E-state index contributed by atoms with van der Waals surface area (Å²) < 4.78 is 30.4. The van der Waals surface area contributed by atoms with E-state index in [0.29, 0.717) is 5.75 Å². The van der Waals surface area contributed by atoms with Crippen LogP contribution in [0.5, 0.6) is 5.75 Å². The Morgan fingerprint density at radius 1 is 1.11 bits per heavy atom. The number of rotatable bonds is 7. The zero-order chi connectivity index (χ0) is 20.7. The van der Waals surface area contributed by atoms with Crippen molar-refractivity contribution < 1.29 is 22.7 Å². The third-order valence-corrected chi connectivity index (χ3v) is 4.47. The predicted octanol–water partition coefficient (Wildman–Crippen LogP) is 2.11. The highest BCUT2D eigenvalue weighted by Gasteiger charge is 2.13. The molecule has 2 aromatic carbocycles. The fourth-order valence-electron chi connectivity index (χ4n) is 2.26. The van der Waals surface area contributed by atoms with Crippen LogP contribution >= 0.6 is 11.6 Å². The van der Waals surface area contributed by atoms with Crippen LogP contribution < -0.4 is 20.3 Å². The highest BCUT2D eigenvalue weighted by atomic mass is 35.5. The van der Waals surface area contributed by atoms with Gasteiger partial charge in [-0.05, 0) is 36.2 Å². The van der Waals surface area contributed by atoms with Gasteiger partial charge in [-0.2, -0.15) is 0 Å². The van der Waals surface area contributed by atoms with Crippen molar-refractivity contribution in [2.24, 2.45) is 0 Å². The fraction of sp³-hybridized carbons (Fsp3) is 0.222. The molecule has 0 unspecified atom stereocenters. The lowest BCUT2D eigenvalue weighted by Gasteiger charge is -2.12. The van der Waals surface area contributed by atoms with Crippen LogP contribution in [-0.2, 0) is 21.2 Å². The number of anilines is 1. The van der Waals surface area contributed by atoms with Gasteiger partial charge >= 0.3 is 0 Å². The first-order valence-electron chi connectivity index (χ1n) is 8.27. The molecule has 2 aromatic rings. The highest BCUT2D eigenvalue weighted by molar-refractivity contribution is 7.92. The van der Waals surface area contributed by atoms with E-state index in [1.807, 2.05) is 19.1 Å². The minimum absolute atomic E-state index is 0.0580. The molecule has 0 saturated carbocycles. The first-order valence-corrected chi connectivity index (χ1v) is 10.5. The number of ether oxygens (including phenoxy) is 1. The van der Waals surface area contributed by atoms with Gasteiger partial charge in [0.2, 0.25) is 10.0 Å². The number of halogens is 1. The van der Waals surface area contributed by atoms with E-state index in [0.717, 1.165) is 18.2 Å². The van der Waals surface area contributed by atoms with Crippen molar-refractivity contribution in [3.63, 3.8) is 0 Å². The van der Waals surface area contributed by atoms with Gasteiger partial charge in [0.15, 0.2) is 6.61 Å². The Bertz CT molecular complexity index is 979. The van der Waals surface area contributed by atoms with Gasteiger partial charge in [0.25, 0.3) is 11.8 Å². The van der Waals surface area contributed by atoms with Crippen molar-refractivity contribution in [1.29, 1.82) is 0 Å². The summed E-state index contributed by atoms with van der Waals surface area (Å²) in [6, 6.07) is 11.4. The summed E-state index contributed by atoms with van der Waals surface area (Å²) in [5.41, 5.74) is 5.60. The molecule has 0 aromatic heterocycles. The van der Waals surface area contributed by atoms with Crippen molar-refractivity contribution in [1.82, 2.24) is 10.9 Å². The van der Waals surface area contributed by atoms with Crippen molar-refractivity contribution in [2.75, 3.05) is 17.6 Å². The molecule has 0 spiro atoms. The molecule has 0 aliphatic carbocycles. The average molecular weight is 426 g/mol. The minimum Gasteiger partial charge on any atom is -0.483 e. The zero-order valence-corrected chi connectivity index (χ0v) is 16.9. The molecule has 0 radical (unpaired) electrons. The third-order valence-electron chi connectivity index (χ3n) is 3.55. The standard InChI is InChI=1S/C18H20ClN3O5S/c1-3-12-6-4-5-7-16(12)27-11-17(23)20-21-18(24)13-8-9-14(19)15(10-13)22-28(2,25)26/h4-10,22H,3,11H2,1-2H3,(H,20,23)(H,21,24). The van der Waals surface area contributed by atoms with Crippen LogP contribution in [0.4, 0.5) is 5.69 Å². The summed E-state index contributed by atoms with van der Waals surface area (Å²) >= 11 is 5.91. The first kappa shape index (κ1) is 21.5. The fourth-order valence-corrected chi connectivity index (χ4v) is 3.05. The SMILES string of the molecule is CCc1ccccc1OCC(=O)NNC(=O)c1ccc(Cl)c(NS(C)(=O)=O)c1. The molecule has 10 heteroatoms. The second kappa shape index (κ2) is 9.43. The molecule has 8 nitrogen and oxygen atoms in total. The second-order valence-corrected chi connectivity index (χ2v) is 7.98. The van der Waals surface area contributed by atoms with Gasteiger partial charge in [-0.1, -0.05) is 36.7 Å². The van der Waals surface area contributed by atoms with Crippen LogP contribution in [0, 0.1) is 0 Å². The van der Waals surface area contributed by atoms with Gasteiger partial charge < -0.3 is 4.74 Å². The maximum Gasteiger partial charge on any atom is 0.276 e. The number of hydrazine groups is 1. The van der Waals surface area contributed by atoms with Crippen LogP contribution in [0.1, 0.15) is 22.8 Å². The van der Waals surface area contributed by atoms with Crippen LogP contribution in [0.15, 0.2) is 42.5 Å². The summed E-state index contributed by atoms with van der Waals surface area (Å²) in [6.07, 6.45) is 1.72. The summed E-state index contributed by atoms with van der Waals surface area (Å²) in [5.74, 6) is -0.598. The van der Waals surface area contributed by atoms with Crippen molar-refractivity contribution in [3.8, 4) is 5.75 Å². The Morgan fingerprint density at radius 3 is 2.50 bits per heavy atom. The minimum atomic E-state index is -3.56. The van der Waals surface area contributed by atoms with Crippen molar-refractivity contribution >= 4 is 39.1 Å². The Morgan fingerprint density at radius 2 is 1.82 bits per heavy atom. The van der Waals surface area contributed by atoms with Crippen LogP contribution in [-0.4, -0.2) is 33.1 Å². The summed E-state index contributed by atoms with van der Waals surface area (Å²) in [7, 11) is -3.56. The number of aryl methyl sites for hydroxylation is 1. The maximum absolute atomic E-state index is 12.2. The molecule has 0 heterocycles. The second-order valence-electron chi connectivity index (χ2n) is 5.82. The predicted molar refractivity (Wildman–Crippen MR) is 107 cm³/mol. The highest BCUT2D eigenvalue weighted by Crippen LogP contribution is 2.23. The van der Waals surface area contributed by atoms with E-state index in [2.05, 4.69) is 15.6 Å². The number of nitrogens with one attached hydrogen (secondary N) is 3. The van der Waals surface area contributed by atoms with Gasteiger partial charge in [0.05, 0.1) is 17.0 Å². The van der Waals surface area contributed by atoms with E-state index in [-0.39, 0.29) is 22.9 Å². The van der Waals surface area contributed by atoms with E-state index in [4.69, 9.17) is 16.3 Å². The molecule has 2 amide bonds. The van der Waals surface area contributed by atoms with Gasteiger partial charge in [-0.15, -0.1) is 0 Å². The molecule has 2 rings (SSSR count).